The second kappa shape index (κ2) is 20.9. The Morgan fingerprint density at radius 2 is 1.14 bits per heavy atom. The molecule has 0 atom stereocenters. The minimum Gasteiger partial charge on any atom is -0.480 e. The molecule has 4 N–H and O–H groups in total. The molecule has 3 heterocycles. The van der Waals surface area contributed by atoms with Crippen LogP contribution < -0.4 is 10.6 Å². The fourth-order valence-corrected chi connectivity index (χ4v) is 5.25. The van der Waals surface area contributed by atoms with E-state index in [1.54, 1.807) is 26.5 Å². The van der Waals surface area contributed by atoms with Crippen LogP contribution in [0.1, 0.15) is 5.82 Å². The largest absolute Gasteiger partial charge is 3.00 e. The maximum absolute atomic E-state index is 12.9. The maximum atomic E-state index is 12.9. The van der Waals surface area contributed by atoms with E-state index in [0.29, 0.717) is 5.82 Å². The zero-order chi connectivity index (χ0) is 35.9. The number of nitrogens with zero attached hydrogens (tertiary/aromatic N) is 10. The molecule has 1 fully saturated rings. The van der Waals surface area contributed by atoms with E-state index in [1.807, 2.05) is 0 Å². The number of carbonyl (C=O) groups excluding carboxylic acids is 2. The van der Waals surface area contributed by atoms with Crippen LogP contribution in [0.4, 0.5) is 11.6 Å². The van der Waals surface area contributed by atoms with Gasteiger partial charge in [0.05, 0.1) is 39.3 Å². The van der Waals surface area contributed by atoms with Crippen molar-refractivity contribution in [1.82, 2.24) is 49.3 Å². The number of aromatic nitrogens is 4. The van der Waals surface area contributed by atoms with Gasteiger partial charge in [0.2, 0.25) is 11.8 Å². The number of hydrogen-bond donors (Lipinski definition) is 4. The molecule has 0 aliphatic carbocycles. The first-order valence-corrected chi connectivity index (χ1v) is 15.5. The standard InChI is InChI=1S/C27H42N12O10.Ga/c1-21-31-15-25(39(48)49)37(21)5-3-30-23(41)17-33-8-12-34(18-26(42)43)10-6-32(7-11-35(13-9-33)19-27(44)45)16-22(40)29-2-4-36-20-28-14-24(36)38(46)47;/h14-15,20H,2-13,16-19H2,1H3,(H,29,40)(H,30,41)(H,42,43)(H,44,45);/q;+3/i;1-2. The summed E-state index contributed by atoms with van der Waals surface area (Å²) in [5.74, 6) is -2.79. The first kappa shape index (κ1) is 41.7. The van der Waals surface area contributed by atoms with E-state index in [0.717, 1.165) is 12.4 Å². The molecular formula is C27H42GaN12O10+3. The van der Waals surface area contributed by atoms with Crippen molar-refractivity contribution in [3.05, 3.63) is 44.8 Å². The quantitative estimate of drug-likeness (QED) is 0.0761. The van der Waals surface area contributed by atoms with Crippen LogP contribution in [0.3, 0.4) is 0 Å². The Bertz CT molecular complexity index is 1440. The van der Waals surface area contributed by atoms with Gasteiger partial charge in [-0.2, -0.15) is 0 Å². The van der Waals surface area contributed by atoms with Crippen LogP contribution in [-0.2, 0) is 32.3 Å². The zero-order valence-corrected chi connectivity index (χ0v) is 30.2. The molecule has 2 amide bonds. The predicted octanol–water partition coefficient (Wildman–Crippen LogP) is -2.85. The van der Waals surface area contributed by atoms with Crippen LogP contribution in [0.15, 0.2) is 18.7 Å². The van der Waals surface area contributed by atoms with Gasteiger partial charge in [-0.1, -0.05) is 0 Å². The van der Waals surface area contributed by atoms with Crippen LogP contribution in [0, 0.1) is 27.2 Å². The molecule has 3 rings (SSSR count). The van der Waals surface area contributed by atoms with Crippen molar-refractivity contribution in [2.24, 2.45) is 0 Å². The topological polar surface area (TPSA) is 268 Å². The normalized spacial score (nSPS) is 15.6. The average molecular weight is 763 g/mol. The van der Waals surface area contributed by atoms with Gasteiger partial charge in [-0.05, 0) is 9.85 Å². The monoisotopic (exact) mass is 762 g/mol. The van der Waals surface area contributed by atoms with Gasteiger partial charge in [-0.3, -0.25) is 38.8 Å². The Hall–Kier alpha value is -4.42. The fraction of sp³-hybridized carbons (Fsp3) is 0.630. The second-order valence-electron chi connectivity index (χ2n) is 11.4. The number of aryl methyl sites for hydroxylation is 1. The molecule has 22 nitrogen and oxygen atoms in total. The first-order chi connectivity index (χ1) is 23.3. The molecule has 50 heavy (non-hydrogen) atoms. The van der Waals surface area contributed by atoms with Crippen molar-refractivity contribution in [2.45, 2.75) is 20.0 Å². The molecule has 0 unspecified atom stereocenters. The van der Waals surface area contributed by atoms with Gasteiger partial charge in [0.1, 0.15) is 25.5 Å². The average Bonchev–Trinajstić information content (AvgIpc) is 3.64. The van der Waals surface area contributed by atoms with Crippen molar-refractivity contribution >= 4 is 55.2 Å². The van der Waals surface area contributed by atoms with Gasteiger partial charge < -0.3 is 41.1 Å². The van der Waals surface area contributed by atoms with E-state index in [1.165, 1.54) is 15.5 Å². The molecule has 0 spiro atoms. The minimum atomic E-state index is -1.05. The number of carbonyl (C=O) groups is 4. The van der Waals surface area contributed by atoms with Crippen molar-refractivity contribution in [2.75, 3.05) is 91.6 Å². The van der Waals surface area contributed by atoms with Crippen LogP contribution in [0.2, 0.25) is 0 Å². The molecule has 0 bridgehead atoms. The number of imidazole rings is 2. The van der Waals surface area contributed by atoms with E-state index < -0.39 is 21.8 Å². The number of aliphatic carboxylic acids is 2. The summed E-state index contributed by atoms with van der Waals surface area (Å²) < 4.78 is 2.68. The maximum Gasteiger partial charge on any atom is 3.00 e. The molecule has 2 aromatic heterocycles. The Morgan fingerprint density at radius 3 is 1.56 bits per heavy atom. The molecule has 23 heteroatoms. The Kier molecular flexibility index (Phi) is 17.5. The Labute approximate surface area is 299 Å². The summed E-state index contributed by atoms with van der Waals surface area (Å²) in [6.45, 7) is 3.60. The van der Waals surface area contributed by atoms with Gasteiger partial charge in [-0.15, -0.1) is 0 Å². The Balaban J connectivity index is 0.00000867. The number of amides is 2. The van der Waals surface area contributed by atoms with E-state index in [-0.39, 0.29) is 148 Å². The first-order valence-electron chi connectivity index (χ1n) is 15.5. The number of carboxylic acids is 2. The van der Waals surface area contributed by atoms with Crippen LogP contribution in [0.5, 0.6) is 0 Å². The summed E-state index contributed by atoms with van der Waals surface area (Å²) in [7, 11) is 0. The number of nitro groups is 2. The molecule has 2 aromatic rings. The van der Waals surface area contributed by atoms with Crippen molar-refractivity contribution < 1.29 is 39.2 Å². The molecule has 270 valence electrons. The van der Waals surface area contributed by atoms with Crippen LogP contribution >= 0.6 is 0 Å². The molecular weight excluding hydrogens is 720 g/mol. The summed E-state index contributed by atoms with van der Waals surface area (Å²) >= 11 is 0. The minimum absolute atomic E-state index is 0. The Morgan fingerprint density at radius 1 is 0.720 bits per heavy atom. The third kappa shape index (κ3) is 14.2. The SMILES string of the molecule is Cc1ncc([N+](=O)[O-])n1CCNC(=O)CN1CCN(CC(=O)O)CCN(CC(=O)NCCn2cncc2[N+](=O)[O-])CCN(CC(=O)O)CC1.[68Ga+3]. The van der Waals surface area contributed by atoms with Crippen molar-refractivity contribution in [3.8, 4) is 0 Å². The smallest absolute Gasteiger partial charge is 0.480 e. The van der Waals surface area contributed by atoms with Crippen LogP contribution in [-0.4, -0.2) is 194 Å². The van der Waals surface area contributed by atoms with Gasteiger partial charge in [0.15, 0.2) is 12.2 Å². The second-order valence-corrected chi connectivity index (χ2v) is 11.4. The van der Waals surface area contributed by atoms with E-state index in [4.69, 9.17) is 0 Å². The van der Waals surface area contributed by atoms with E-state index >= 15 is 0 Å². The van der Waals surface area contributed by atoms with Gasteiger partial charge >= 0.3 is 43.4 Å². The summed E-state index contributed by atoms with van der Waals surface area (Å²) in [4.78, 5) is 84.8. The van der Waals surface area contributed by atoms with Crippen molar-refractivity contribution in [1.29, 1.82) is 0 Å². The van der Waals surface area contributed by atoms with Gasteiger partial charge in [0, 0.05) is 59.3 Å². The number of hydrogen-bond acceptors (Lipinski definition) is 14. The summed E-state index contributed by atoms with van der Waals surface area (Å²) in [5.41, 5.74) is 0. The van der Waals surface area contributed by atoms with Crippen molar-refractivity contribution in [3.63, 3.8) is 0 Å². The van der Waals surface area contributed by atoms with Gasteiger partial charge in [-0.25, -0.2) is 19.1 Å². The zero-order valence-electron chi connectivity index (χ0n) is 27.8. The molecule has 0 aromatic carbocycles. The van der Waals surface area contributed by atoms with E-state index in [9.17, 15) is 49.6 Å². The predicted molar refractivity (Wildman–Crippen MR) is 175 cm³/mol. The van der Waals surface area contributed by atoms with Crippen LogP contribution in [0.25, 0.3) is 0 Å². The molecule has 0 saturated carbocycles. The summed E-state index contributed by atoms with van der Waals surface area (Å²) in [6, 6.07) is 0. The van der Waals surface area contributed by atoms with Gasteiger partial charge in [0.25, 0.3) is 0 Å². The third-order valence-electron chi connectivity index (χ3n) is 7.81. The fourth-order valence-electron chi connectivity index (χ4n) is 5.25. The molecule has 1 aliphatic rings. The molecule has 1 aliphatic heterocycles. The summed E-state index contributed by atoms with van der Waals surface area (Å²) in [6.07, 6.45) is 3.55. The number of carboxylic acid groups (broad SMARTS) is 2. The molecule has 0 radical (unpaired) electrons. The van der Waals surface area contributed by atoms with E-state index in [2.05, 4.69) is 20.6 Å². The molecule has 1 saturated heterocycles. The summed E-state index contributed by atoms with van der Waals surface area (Å²) in [5, 5.41) is 46.8. The number of nitrogens with one attached hydrogen (secondary N) is 2. The number of rotatable bonds is 16. The third-order valence-corrected chi connectivity index (χ3v) is 7.81.